The molecule has 12 nitrogen and oxygen atoms in total. The number of hydrogen-bond donors (Lipinski definition) is 3. The van der Waals surface area contributed by atoms with Crippen LogP contribution in [0.4, 0.5) is 10.5 Å². The molecule has 0 atom stereocenters. The van der Waals surface area contributed by atoms with E-state index in [0.29, 0.717) is 47.3 Å². The summed E-state index contributed by atoms with van der Waals surface area (Å²) in [5.74, 6) is 5.04. The van der Waals surface area contributed by atoms with E-state index in [0.717, 1.165) is 44.1 Å². The van der Waals surface area contributed by atoms with Crippen LogP contribution >= 0.6 is 0 Å². The fourth-order valence-electron chi connectivity index (χ4n) is 6.22. The van der Waals surface area contributed by atoms with Crippen molar-refractivity contribution in [3.05, 3.63) is 64.7 Å². The van der Waals surface area contributed by atoms with Gasteiger partial charge in [-0.3, -0.25) is 29.6 Å². The molecule has 45 heavy (non-hydrogen) atoms. The number of carbonyl (C=O) groups excluding carboxylic acids is 4. The summed E-state index contributed by atoms with van der Waals surface area (Å²) in [5.41, 5.74) is 2.62. The number of imide groups is 1. The van der Waals surface area contributed by atoms with E-state index in [4.69, 9.17) is 5.84 Å². The van der Waals surface area contributed by atoms with Crippen molar-refractivity contribution in [1.82, 2.24) is 15.1 Å². The molecule has 2 aromatic rings. The number of anilines is 1. The third-order valence-electron chi connectivity index (χ3n) is 9.14. The molecule has 3 aliphatic rings. The minimum absolute atomic E-state index is 0.00600. The van der Waals surface area contributed by atoms with Gasteiger partial charge in [0, 0.05) is 37.4 Å². The second-order valence-corrected chi connectivity index (χ2v) is 13.3. The first-order chi connectivity index (χ1) is 21.5. The zero-order valence-corrected chi connectivity index (χ0v) is 26.4. The number of amides is 5. The molecule has 0 radical (unpaired) electrons. The summed E-state index contributed by atoms with van der Waals surface area (Å²) < 4.78 is 0. The molecule has 0 spiro atoms. The van der Waals surface area contributed by atoms with Crippen LogP contribution in [-0.4, -0.2) is 59.1 Å². The Bertz CT molecular complexity index is 1520. The van der Waals surface area contributed by atoms with Crippen molar-refractivity contribution in [1.29, 1.82) is 0 Å². The Morgan fingerprint density at radius 2 is 1.62 bits per heavy atom. The third-order valence-corrected chi connectivity index (χ3v) is 9.14. The Morgan fingerprint density at radius 3 is 2.22 bits per heavy atom. The Morgan fingerprint density at radius 1 is 0.956 bits per heavy atom. The van der Waals surface area contributed by atoms with Crippen LogP contribution in [0.25, 0.3) is 0 Å². The standard InChI is InChI=1S/C33H42N8O4/c1-33(2,3)23-11-14-25(15-12-23)40(18-21-7-9-22(10-8-21)28(42)37-31(35-4)38-39-34)32(45)36-24-13-16-26-27(17-24)30(44)41(29(26)43)19-20-5-6-20/h7-10,13,16-17,20,23,25H,5-6,11-12,14-15,18-19H2,1-4H3,(H,36,45)(H3,34,35,37,38,42). The first kappa shape index (κ1) is 31.8. The van der Waals surface area contributed by atoms with Gasteiger partial charge >= 0.3 is 6.03 Å². The molecule has 2 aromatic carbocycles. The van der Waals surface area contributed by atoms with Gasteiger partial charge in [0.05, 0.1) is 11.1 Å². The van der Waals surface area contributed by atoms with Crippen molar-refractivity contribution in [2.45, 2.75) is 71.9 Å². The lowest BCUT2D eigenvalue weighted by atomic mass is 9.71. The highest BCUT2D eigenvalue weighted by atomic mass is 16.2. The molecule has 0 aromatic heterocycles. The van der Waals surface area contributed by atoms with E-state index in [9.17, 15) is 19.2 Å². The summed E-state index contributed by atoms with van der Waals surface area (Å²) >= 11 is 0. The van der Waals surface area contributed by atoms with E-state index in [1.165, 1.54) is 11.9 Å². The molecule has 0 unspecified atom stereocenters. The Balaban J connectivity index is 1.32. The van der Waals surface area contributed by atoms with E-state index >= 15 is 0 Å². The van der Waals surface area contributed by atoms with Crippen molar-refractivity contribution in [2.24, 2.45) is 38.4 Å². The summed E-state index contributed by atoms with van der Waals surface area (Å²) in [6.45, 7) is 7.57. The maximum atomic E-state index is 13.9. The van der Waals surface area contributed by atoms with Gasteiger partial charge < -0.3 is 16.1 Å². The van der Waals surface area contributed by atoms with Crippen molar-refractivity contribution >= 4 is 35.4 Å². The van der Waals surface area contributed by atoms with Crippen LogP contribution in [0.2, 0.25) is 0 Å². The molecule has 2 saturated carbocycles. The molecule has 12 heteroatoms. The topological polar surface area (TPSA) is 162 Å². The number of rotatable bonds is 7. The Labute approximate surface area is 263 Å². The van der Waals surface area contributed by atoms with Crippen LogP contribution < -0.4 is 16.5 Å². The summed E-state index contributed by atoms with van der Waals surface area (Å²) in [6, 6.07) is 11.7. The van der Waals surface area contributed by atoms with Crippen LogP contribution in [0.1, 0.15) is 95.9 Å². The van der Waals surface area contributed by atoms with Crippen LogP contribution in [-0.2, 0) is 6.54 Å². The fourth-order valence-corrected chi connectivity index (χ4v) is 6.22. The first-order valence-corrected chi connectivity index (χ1v) is 15.5. The van der Waals surface area contributed by atoms with Gasteiger partial charge in [0.25, 0.3) is 17.7 Å². The van der Waals surface area contributed by atoms with E-state index in [2.05, 4.69) is 46.7 Å². The average Bonchev–Trinajstić information content (AvgIpc) is 3.82. The summed E-state index contributed by atoms with van der Waals surface area (Å²) in [7, 11) is 1.46. The molecule has 238 valence electrons. The van der Waals surface area contributed by atoms with Crippen LogP contribution in [0.15, 0.2) is 57.8 Å². The minimum Gasteiger partial charge on any atom is -0.317 e. The molecule has 5 rings (SSSR count). The average molecular weight is 615 g/mol. The predicted molar refractivity (Wildman–Crippen MR) is 171 cm³/mol. The van der Waals surface area contributed by atoms with Gasteiger partial charge in [0.15, 0.2) is 0 Å². The van der Waals surface area contributed by atoms with E-state index in [1.807, 2.05) is 17.0 Å². The number of guanidine groups is 1. The minimum atomic E-state index is -0.412. The lowest BCUT2D eigenvalue weighted by Gasteiger charge is -2.41. The number of nitrogens with zero attached hydrogens (tertiary/aromatic N) is 5. The molecular formula is C33H42N8O4. The van der Waals surface area contributed by atoms with Crippen molar-refractivity contribution in [3.63, 3.8) is 0 Å². The molecule has 2 fully saturated rings. The van der Waals surface area contributed by atoms with E-state index < -0.39 is 5.91 Å². The highest BCUT2D eigenvalue weighted by Crippen LogP contribution is 2.39. The number of aliphatic imine (C=N–C) groups is 1. The quantitative estimate of drug-likeness (QED) is 0.0952. The number of nitrogens with two attached hydrogens (primary N) is 1. The molecule has 1 aliphatic heterocycles. The van der Waals surface area contributed by atoms with Crippen molar-refractivity contribution in [2.75, 3.05) is 18.9 Å². The highest BCUT2D eigenvalue weighted by molar-refractivity contribution is 6.22. The molecule has 4 N–H and O–H groups in total. The number of urea groups is 1. The summed E-state index contributed by atoms with van der Waals surface area (Å²) in [5, 5.41) is 12.3. The molecule has 1 heterocycles. The van der Waals surface area contributed by atoms with E-state index in [1.54, 1.807) is 30.3 Å². The van der Waals surface area contributed by atoms with Crippen LogP contribution in [0.3, 0.4) is 0 Å². The molecule has 2 aliphatic carbocycles. The van der Waals surface area contributed by atoms with Crippen molar-refractivity contribution < 1.29 is 19.2 Å². The number of nitrogens with one attached hydrogen (secondary N) is 2. The molecule has 5 amide bonds. The lowest BCUT2D eigenvalue weighted by Crippen LogP contribution is -2.45. The van der Waals surface area contributed by atoms with Crippen molar-refractivity contribution in [3.8, 4) is 0 Å². The second kappa shape index (κ2) is 13.2. The Kier molecular flexibility index (Phi) is 9.31. The Hall–Kier alpha value is -4.61. The third kappa shape index (κ3) is 7.38. The smallest absolute Gasteiger partial charge is 0.317 e. The fraction of sp³-hybridized carbons (Fsp3) is 0.485. The first-order valence-electron chi connectivity index (χ1n) is 15.5. The van der Waals surface area contributed by atoms with Gasteiger partial charge in [0.1, 0.15) is 0 Å². The SMILES string of the molecule is C/N=C(\N=N/N)NC(=O)c1ccc(CN(C(=O)Nc2ccc3c(c2)C(=O)N(CC2CC2)C3=O)C2CCC(C(C)(C)C)CC2)cc1. The highest BCUT2D eigenvalue weighted by Gasteiger charge is 2.39. The number of fused-ring (bicyclic) bond motifs is 1. The van der Waals surface area contributed by atoms with Gasteiger partial charge in [-0.15, -0.1) is 0 Å². The van der Waals surface area contributed by atoms with Gasteiger partial charge in [0.2, 0.25) is 5.96 Å². The maximum absolute atomic E-state index is 13.9. The number of carbonyl (C=O) groups is 4. The molecular weight excluding hydrogens is 572 g/mol. The second-order valence-electron chi connectivity index (χ2n) is 13.3. The zero-order valence-electron chi connectivity index (χ0n) is 26.4. The number of benzene rings is 2. The van der Waals surface area contributed by atoms with E-state index in [-0.39, 0.29) is 35.3 Å². The van der Waals surface area contributed by atoms with Gasteiger partial charge in [-0.05, 0) is 91.7 Å². The maximum Gasteiger partial charge on any atom is 0.322 e. The van der Waals surface area contributed by atoms with Gasteiger partial charge in [-0.1, -0.05) is 43.2 Å². The normalized spacial score (nSPS) is 20.4. The number of hydrogen-bond acceptors (Lipinski definition) is 6. The monoisotopic (exact) mass is 614 g/mol. The predicted octanol–water partition coefficient (Wildman–Crippen LogP) is 5.37. The van der Waals surface area contributed by atoms with Gasteiger partial charge in [-0.25, -0.2) is 4.79 Å². The van der Waals surface area contributed by atoms with Crippen LogP contribution in [0, 0.1) is 17.3 Å². The van der Waals surface area contributed by atoms with Crippen LogP contribution in [0.5, 0.6) is 0 Å². The summed E-state index contributed by atoms with van der Waals surface area (Å²) in [4.78, 5) is 59.4. The zero-order chi connectivity index (χ0) is 32.3. The largest absolute Gasteiger partial charge is 0.322 e. The molecule has 0 saturated heterocycles. The van der Waals surface area contributed by atoms with Gasteiger partial charge in [-0.2, -0.15) is 0 Å². The summed E-state index contributed by atoms with van der Waals surface area (Å²) in [6.07, 6.45) is 5.86. The molecule has 0 bridgehead atoms. The lowest BCUT2D eigenvalue weighted by molar-refractivity contribution is 0.0646.